The van der Waals surface area contributed by atoms with Gasteiger partial charge in [-0.05, 0) is 46.7 Å². The molecule has 2 heterocycles. The van der Waals surface area contributed by atoms with Gasteiger partial charge in [0.15, 0.2) is 5.82 Å². The van der Waals surface area contributed by atoms with Crippen molar-refractivity contribution in [3.8, 4) is 0 Å². The van der Waals surface area contributed by atoms with E-state index in [0.717, 1.165) is 51.5 Å². The smallest absolute Gasteiger partial charge is 0.173 e. The zero-order valence-corrected chi connectivity index (χ0v) is 18.9. The Labute approximate surface area is 185 Å². The SMILES string of the molecule is CCN1CCN([C@@H](c2ccc(N(C)C)cc2)c2nnnn2CCc2ccccc2)CC1. The van der Waals surface area contributed by atoms with E-state index in [4.69, 9.17) is 0 Å². The molecule has 3 aromatic rings. The number of hydrogen-bond acceptors (Lipinski definition) is 6. The molecule has 2 aromatic carbocycles. The molecule has 1 atom stereocenters. The molecule has 0 spiro atoms. The summed E-state index contributed by atoms with van der Waals surface area (Å²) in [5.74, 6) is 0.929. The molecule has 1 aliphatic rings. The van der Waals surface area contributed by atoms with Crippen LogP contribution in [0.15, 0.2) is 54.6 Å². The first-order chi connectivity index (χ1) is 15.2. The minimum absolute atomic E-state index is 0.0565. The van der Waals surface area contributed by atoms with Crippen molar-refractivity contribution in [3.63, 3.8) is 0 Å². The van der Waals surface area contributed by atoms with Crippen LogP contribution in [0.5, 0.6) is 0 Å². The minimum Gasteiger partial charge on any atom is -0.378 e. The Kier molecular flexibility index (Phi) is 6.94. The number of aryl methyl sites for hydroxylation is 2. The summed E-state index contributed by atoms with van der Waals surface area (Å²) < 4.78 is 1.99. The zero-order chi connectivity index (χ0) is 21.6. The molecular weight excluding hydrogens is 386 g/mol. The fourth-order valence-corrected chi connectivity index (χ4v) is 4.26. The Balaban J connectivity index is 1.61. The molecule has 0 radical (unpaired) electrons. The van der Waals surface area contributed by atoms with Crippen LogP contribution in [0, 0.1) is 0 Å². The number of piperazine rings is 1. The van der Waals surface area contributed by atoms with Gasteiger partial charge in [0.2, 0.25) is 0 Å². The van der Waals surface area contributed by atoms with E-state index >= 15 is 0 Å². The van der Waals surface area contributed by atoms with Crippen molar-refractivity contribution in [1.82, 2.24) is 30.0 Å². The summed E-state index contributed by atoms with van der Waals surface area (Å²) in [6.07, 6.45) is 0.911. The normalized spacial score (nSPS) is 16.4. The second-order valence-electron chi connectivity index (χ2n) is 8.35. The fraction of sp³-hybridized carbons (Fsp3) is 0.458. The van der Waals surface area contributed by atoms with Gasteiger partial charge in [0, 0.05) is 52.5 Å². The van der Waals surface area contributed by atoms with Gasteiger partial charge in [0.1, 0.15) is 0 Å². The van der Waals surface area contributed by atoms with Gasteiger partial charge in [-0.1, -0.05) is 49.4 Å². The highest BCUT2D eigenvalue weighted by Crippen LogP contribution is 2.29. The van der Waals surface area contributed by atoms with Crippen molar-refractivity contribution in [1.29, 1.82) is 0 Å². The van der Waals surface area contributed by atoms with E-state index in [9.17, 15) is 0 Å². The van der Waals surface area contributed by atoms with Gasteiger partial charge in [0.05, 0.1) is 6.04 Å². The van der Waals surface area contributed by atoms with E-state index < -0.39 is 0 Å². The molecule has 1 aliphatic heterocycles. The molecule has 164 valence electrons. The van der Waals surface area contributed by atoms with Gasteiger partial charge in [-0.15, -0.1) is 5.10 Å². The molecule has 31 heavy (non-hydrogen) atoms. The Morgan fingerprint density at radius 2 is 1.65 bits per heavy atom. The zero-order valence-electron chi connectivity index (χ0n) is 18.9. The van der Waals surface area contributed by atoms with Crippen LogP contribution < -0.4 is 4.90 Å². The third-order valence-electron chi connectivity index (χ3n) is 6.20. The van der Waals surface area contributed by atoms with Gasteiger partial charge < -0.3 is 9.80 Å². The van der Waals surface area contributed by atoms with Crippen LogP contribution in [0.1, 0.15) is 29.9 Å². The Bertz CT molecular complexity index is 928. The van der Waals surface area contributed by atoms with E-state index in [-0.39, 0.29) is 6.04 Å². The second kappa shape index (κ2) is 10.0. The van der Waals surface area contributed by atoms with E-state index in [1.165, 1.54) is 16.8 Å². The van der Waals surface area contributed by atoms with Crippen molar-refractivity contribution in [2.24, 2.45) is 0 Å². The maximum Gasteiger partial charge on any atom is 0.173 e. The van der Waals surface area contributed by atoms with Crippen LogP contribution in [-0.4, -0.2) is 76.8 Å². The summed E-state index contributed by atoms with van der Waals surface area (Å²) >= 11 is 0. The molecule has 7 heteroatoms. The monoisotopic (exact) mass is 419 g/mol. The van der Waals surface area contributed by atoms with Crippen molar-refractivity contribution in [3.05, 3.63) is 71.5 Å². The van der Waals surface area contributed by atoms with Crippen LogP contribution >= 0.6 is 0 Å². The Morgan fingerprint density at radius 3 is 2.29 bits per heavy atom. The number of likely N-dealkylation sites (N-methyl/N-ethyl adjacent to an activating group) is 1. The second-order valence-corrected chi connectivity index (χ2v) is 8.35. The van der Waals surface area contributed by atoms with E-state index in [1.807, 2.05) is 4.68 Å². The lowest BCUT2D eigenvalue weighted by molar-refractivity contribution is 0.108. The summed E-state index contributed by atoms with van der Waals surface area (Å²) in [6.45, 7) is 8.29. The van der Waals surface area contributed by atoms with Crippen molar-refractivity contribution in [2.75, 3.05) is 51.7 Å². The number of benzene rings is 2. The maximum absolute atomic E-state index is 4.51. The number of nitrogens with zero attached hydrogens (tertiary/aromatic N) is 7. The van der Waals surface area contributed by atoms with Crippen LogP contribution in [0.25, 0.3) is 0 Å². The number of tetrazole rings is 1. The predicted molar refractivity (Wildman–Crippen MR) is 124 cm³/mol. The quantitative estimate of drug-likeness (QED) is 0.560. The average molecular weight is 420 g/mol. The van der Waals surface area contributed by atoms with Crippen LogP contribution in [0.3, 0.4) is 0 Å². The molecule has 0 saturated carbocycles. The maximum atomic E-state index is 4.51. The molecule has 1 fully saturated rings. The molecule has 7 nitrogen and oxygen atoms in total. The third kappa shape index (κ3) is 5.11. The highest BCUT2D eigenvalue weighted by molar-refractivity contribution is 5.47. The molecule has 1 aromatic heterocycles. The summed E-state index contributed by atoms with van der Waals surface area (Å²) in [7, 11) is 4.14. The van der Waals surface area contributed by atoms with Crippen molar-refractivity contribution < 1.29 is 0 Å². The van der Waals surface area contributed by atoms with E-state index in [2.05, 4.69) is 106 Å². The number of hydrogen-bond donors (Lipinski definition) is 0. The Hall–Kier alpha value is -2.77. The lowest BCUT2D eigenvalue weighted by Gasteiger charge is -2.38. The summed E-state index contributed by atoms with van der Waals surface area (Å²) in [4.78, 5) is 7.16. The van der Waals surface area contributed by atoms with Crippen molar-refractivity contribution in [2.45, 2.75) is 25.9 Å². The molecule has 1 saturated heterocycles. The lowest BCUT2D eigenvalue weighted by Crippen LogP contribution is -2.48. The predicted octanol–water partition coefficient (Wildman–Crippen LogP) is 2.71. The largest absolute Gasteiger partial charge is 0.378 e. The molecule has 0 aliphatic carbocycles. The summed E-state index contributed by atoms with van der Waals surface area (Å²) in [6, 6.07) is 19.4. The van der Waals surface area contributed by atoms with Gasteiger partial charge in [-0.2, -0.15) is 0 Å². The highest BCUT2D eigenvalue weighted by Gasteiger charge is 2.30. The first-order valence-electron chi connectivity index (χ1n) is 11.2. The van der Waals surface area contributed by atoms with Gasteiger partial charge in [0.25, 0.3) is 0 Å². The van der Waals surface area contributed by atoms with Crippen LogP contribution in [0.4, 0.5) is 5.69 Å². The van der Waals surface area contributed by atoms with Crippen molar-refractivity contribution >= 4 is 5.69 Å². The molecular formula is C24H33N7. The fourth-order valence-electron chi connectivity index (χ4n) is 4.26. The molecule has 0 amide bonds. The highest BCUT2D eigenvalue weighted by atomic mass is 15.6. The summed E-state index contributed by atoms with van der Waals surface area (Å²) in [5.41, 5.74) is 3.74. The van der Waals surface area contributed by atoms with Gasteiger partial charge in [-0.25, -0.2) is 4.68 Å². The number of aromatic nitrogens is 4. The molecule has 0 unspecified atom stereocenters. The third-order valence-corrected chi connectivity index (χ3v) is 6.20. The number of rotatable bonds is 8. The topological polar surface area (TPSA) is 53.3 Å². The molecule has 0 N–H and O–H groups in total. The lowest BCUT2D eigenvalue weighted by atomic mass is 10.0. The van der Waals surface area contributed by atoms with Gasteiger partial charge in [-0.3, -0.25) is 4.90 Å². The number of anilines is 1. The molecule has 0 bridgehead atoms. The van der Waals surface area contributed by atoms with Crippen LogP contribution in [-0.2, 0) is 13.0 Å². The summed E-state index contributed by atoms with van der Waals surface area (Å²) in [5, 5.41) is 12.9. The van der Waals surface area contributed by atoms with E-state index in [1.54, 1.807) is 0 Å². The first kappa shape index (κ1) is 21.5. The van der Waals surface area contributed by atoms with Gasteiger partial charge >= 0.3 is 0 Å². The average Bonchev–Trinajstić information content (AvgIpc) is 3.27. The standard InChI is InChI=1S/C24H33N7/c1-4-29-16-18-30(19-17-29)23(21-10-12-22(13-11-21)28(2)3)24-25-26-27-31(24)15-14-20-8-6-5-7-9-20/h5-13,23H,4,14-19H2,1-3H3/t23-/m0/s1. The minimum atomic E-state index is 0.0565. The first-order valence-corrected chi connectivity index (χ1v) is 11.2. The van der Waals surface area contributed by atoms with Crippen LogP contribution in [0.2, 0.25) is 0 Å². The molecule has 4 rings (SSSR count). The van der Waals surface area contributed by atoms with E-state index in [0.29, 0.717) is 0 Å². The Morgan fingerprint density at radius 1 is 0.935 bits per heavy atom.